The van der Waals surface area contributed by atoms with Crippen LogP contribution in [-0.4, -0.2) is 16.3 Å². The first-order valence-corrected chi connectivity index (χ1v) is 5.29. The van der Waals surface area contributed by atoms with Crippen LogP contribution in [0.4, 0.5) is 0 Å². The van der Waals surface area contributed by atoms with Crippen molar-refractivity contribution >= 4 is 11.6 Å². The van der Waals surface area contributed by atoms with Gasteiger partial charge in [-0.1, -0.05) is 25.4 Å². The molecule has 0 aliphatic rings. The maximum Gasteiger partial charge on any atom is 0.0785 e. The maximum atomic E-state index is 5.75. The Hall–Kier alpha value is -0.540. The lowest BCUT2D eigenvalue weighted by molar-refractivity contribution is 0.324. The lowest BCUT2D eigenvalue weighted by Crippen LogP contribution is -2.23. The number of nitrogens with zero attached hydrogens (tertiary/aromatic N) is 2. The van der Waals surface area contributed by atoms with Crippen molar-refractivity contribution in [2.75, 3.05) is 6.54 Å². The van der Waals surface area contributed by atoms with E-state index < -0.39 is 0 Å². The zero-order chi connectivity index (χ0) is 10.6. The summed E-state index contributed by atoms with van der Waals surface area (Å²) in [6, 6.07) is 0. The van der Waals surface area contributed by atoms with Crippen molar-refractivity contribution in [3.63, 3.8) is 0 Å². The van der Waals surface area contributed by atoms with E-state index >= 15 is 0 Å². The molecule has 2 N–H and O–H groups in total. The van der Waals surface area contributed by atoms with Crippen molar-refractivity contribution in [2.45, 2.75) is 33.2 Å². The Morgan fingerprint density at radius 3 is 2.79 bits per heavy atom. The second kappa shape index (κ2) is 4.80. The number of hydrogen-bond acceptors (Lipinski definition) is 2. The smallest absolute Gasteiger partial charge is 0.0785 e. The van der Waals surface area contributed by atoms with E-state index in [4.69, 9.17) is 17.3 Å². The average Bonchev–Trinajstić information content (AvgIpc) is 2.51. The molecule has 1 aromatic heterocycles. The van der Waals surface area contributed by atoms with Gasteiger partial charge < -0.3 is 5.73 Å². The van der Waals surface area contributed by atoms with Gasteiger partial charge in [0.25, 0.3) is 0 Å². The number of aryl methyl sites for hydroxylation is 1. The molecule has 0 aliphatic carbocycles. The molecule has 0 spiro atoms. The molecule has 3 nitrogen and oxygen atoms in total. The van der Waals surface area contributed by atoms with Crippen LogP contribution in [0.1, 0.15) is 26.7 Å². The third-order valence-electron chi connectivity index (χ3n) is 2.40. The Morgan fingerprint density at radius 1 is 1.57 bits per heavy atom. The van der Waals surface area contributed by atoms with Crippen LogP contribution in [0.3, 0.4) is 0 Å². The summed E-state index contributed by atoms with van der Waals surface area (Å²) in [5.74, 6) is 0. The second-order valence-electron chi connectivity index (χ2n) is 4.39. The van der Waals surface area contributed by atoms with E-state index in [0.717, 1.165) is 25.9 Å². The summed E-state index contributed by atoms with van der Waals surface area (Å²) < 4.78 is 1.87. The number of nitrogens with two attached hydrogens (primary N) is 1. The van der Waals surface area contributed by atoms with Crippen molar-refractivity contribution in [1.82, 2.24) is 9.78 Å². The van der Waals surface area contributed by atoms with Gasteiger partial charge in [0.05, 0.1) is 11.2 Å². The molecule has 4 heteroatoms. The molecule has 0 radical (unpaired) electrons. The lowest BCUT2D eigenvalue weighted by Gasteiger charge is -2.21. The summed E-state index contributed by atoms with van der Waals surface area (Å²) in [6.07, 6.45) is 5.70. The third kappa shape index (κ3) is 3.68. The summed E-state index contributed by atoms with van der Waals surface area (Å²) in [4.78, 5) is 0. The molecular formula is C10H18ClN3. The molecule has 0 aromatic carbocycles. The first-order chi connectivity index (χ1) is 6.53. The van der Waals surface area contributed by atoms with Gasteiger partial charge in [-0.25, -0.2) is 0 Å². The Labute approximate surface area is 90.2 Å². The molecule has 0 saturated heterocycles. The maximum absolute atomic E-state index is 5.75. The van der Waals surface area contributed by atoms with E-state index in [-0.39, 0.29) is 5.41 Å². The van der Waals surface area contributed by atoms with Gasteiger partial charge in [-0.2, -0.15) is 5.10 Å². The van der Waals surface area contributed by atoms with Crippen molar-refractivity contribution in [3.8, 4) is 0 Å². The van der Waals surface area contributed by atoms with Crippen molar-refractivity contribution in [1.29, 1.82) is 0 Å². The summed E-state index contributed by atoms with van der Waals surface area (Å²) in [5.41, 5.74) is 5.88. The molecule has 1 rings (SSSR count). The number of aromatic nitrogens is 2. The fourth-order valence-electron chi connectivity index (χ4n) is 1.28. The Morgan fingerprint density at radius 2 is 2.29 bits per heavy atom. The largest absolute Gasteiger partial charge is 0.330 e. The van der Waals surface area contributed by atoms with Crippen LogP contribution in [-0.2, 0) is 6.54 Å². The highest BCUT2D eigenvalue weighted by atomic mass is 35.5. The first-order valence-electron chi connectivity index (χ1n) is 4.91. The molecule has 0 bridgehead atoms. The molecule has 0 fully saturated rings. The molecule has 0 amide bonds. The quantitative estimate of drug-likeness (QED) is 0.819. The molecule has 0 atom stereocenters. The van der Waals surface area contributed by atoms with Crippen LogP contribution in [0.5, 0.6) is 0 Å². The minimum Gasteiger partial charge on any atom is -0.330 e. The minimum absolute atomic E-state index is 0.233. The normalized spacial score (nSPS) is 12.0. The van der Waals surface area contributed by atoms with Gasteiger partial charge in [-0.15, -0.1) is 0 Å². The minimum atomic E-state index is 0.233. The van der Waals surface area contributed by atoms with Gasteiger partial charge in [0, 0.05) is 12.7 Å². The third-order valence-corrected chi connectivity index (χ3v) is 2.59. The van der Waals surface area contributed by atoms with Gasteiger partial charge in [0.1, 0.15) is 0 Å². The summed E-state index contributed by atoms with van der Waals surface area (Å²) in [7, 11) is 0. The van der Waals surface area contributed by atoms with Crippen LogP contribution in [0.2, 0.25) is 5.02 Å². The molecule has 0 aliphatic heterocycles. The Kier molecular flexibility index (Phi) is 3.96. The Balaban J connectivity index is 2.28. The van der Waals surface area contributed by atoms with E-state index in [0.29, 0.717) is 5.02 Å². The van der Waals surface area contributed by atoms with E-state index in [1.165, 1.54) is 0 Å². The molecule has 1 aromatic rings. The number of rotatable bonds is 5. The van der Waals surface area contributed by atoms with Crippen LogP contribution >= 0.6 is 11.6 Å². The molecule has 80 valence electrons. The monoisotopic (exact) mass is 215 g/mol. The van der Waals surface area contributed by atoms with Crippen molar-refractivity contribution in [2.24, 2.45) is 11.1 Å². The summed E-state index contributed by atoms with van der Waals surface area (Å²) >= 11 is 5.75. The van der Waals surface area contributed by atoms with E-state index in [1.54, 1.807) is 6.20 Å². The highest BCUT2D eigenvalue weighted by Crippen LogP contribution is 2.20. The first kappa shape index (κ1) is 11.5. The molecule has 0 unspecified atom stereocenters. The summed E-state index contributed by atoms with van der Waals surface area (Å²) in [5, 5.41) is 4.81. The average molecular weight is 216 g/mol. The zero-order valence-corrected chi connectivity index (χ0v) is 9.59. The van der Waals surface area contributed by atoms with Gasteiger partial charge in [0.2, 0.25) is 0 Å². The SMILES string of the molecule is CC(C)(CN)CCCn1cc(Cl)cn1. The second-order valence-corrected chi connectivity index (χ2v) is 4.83. The topological polar surface area (TPSA) is 43.8 Å². The van der Waals surface area contributed by atoms with Gasteiger partial charge in [0.15, 0.2) is 0 Å². The standard InChI is InChI=1S/C10H18ClN3/c1-10(2,8-12)4-3-5-14-7-9(11)6-13-14/h6-7H,3-5,8,12H2,1-2H3. The predicted molar refractivity (Wildman–Crippen MR) is 59.3 cm³/mol. The van der Waals surface area contributed by atoms with Crippen LogP contribution in [0.25, 0.3) is 0 Å². The molecular weight excluding hydrogens is 198 g/mol. The molecule has 0 saturated carbocycles. The molecule has 14 heavy (non-hydrogen) atoms. The van der Waals surface area contributed by atoms with Gasteiger partial charge >= 0.3 is 0 Å². The van der Waals surface area contributed by atoms with E-state index in [9.17, 15) is 0 Å². The van der Waals surface area contributed by atoms with Gasteiger partial charge in [-0.3, -0.25) is 4.68 Å². The Bertz CT molecular complexity index is 281. The van der Waals surface area contributed by atoms with E-state index in [1.807, 2.05) is 10.9 Å². The number of hydrogen-bond donors (Lipinski definition) is 1. The van der Waals surface area contributed by atoms with Crippen LogP contribution in [0.15, 0.2) is 12.4 Å². The fourth-order valence-corrected chi connectivity index (χ4v) is 1.44. The fraction of sp³-hybridized carbons (Fsp3) is 0.700. The van der Waals surface area contributed by atoms with Crippen LogP contribution < -0.4 is 5.73 Å². The highest BCUT2D eigenvalue weighted by molar-refractivity contribution is 6.30. The van der Waals surface area contributed by atoms with E-state index in [2.05, 4.69) is 18.9 Å². The highest BCUT2D eigenvalue weighted by Gasteiger charge is 2.14. The van der Waals surface area contributed by atoms with Crippen molar-refractivity contribution in [3.05, 3.63) is 17.4 Å². The van der Waals surface area contributed by atoms with Crippen molar-refractivity contribution < 1.29 is 0 Å². The molecule has 1 heterocycles. The predicted octanol–water partition coefficient (Wildman–Crippen LogP) is 2.30. The lowest BCUT2D eigenvalue weighted by atomic mass is 9.88. The van der Waals surface area contributed by atoms with Crippen LogP contribution in [0, 0.1) is 5.41 Å². The number of halogens is 1. The summed E-state index contributed by atoms with van der Waals surface area (Å²) in [6.45, 7) is 6.01. The zero-order valence-electron chi connectivity index (χ0n) is 8.83. The van der Waals surface area contributed by atoms with Gasteiger partial charge in [-0.05, 0) is 24.8 Å².